The number of amides is 2. The number of benzene rings is 1. The molecule has 6 heteroatoms. The Morgan fingerprint density at radius 2 is 1.54 bits per heavy atom. The van der Waals surface area contributed by atoms with Gasteiger partial charge in [0.2, 0.25) is 5.91 Å². The third-order valence-corrected chi connectivity index (χ3v) is 4.00. The molecule has 0 spiro atoms. The predicted molar refractivity (Wildman–Crippen MR) is 89.6 cm³/mol. The second-order valence-corrected chi connectivity index (χ2v) is 5.92. The Morgan fingerprint density at radius 3 is 2.17 bits per heavy atom. The van der Waals surface area contributed by atoms with Crippen molar-refractivity contribution in [1.82, 2.24) is 9.80 Å². The molecule has 0 atom stereocenters. The molecule has 1 aliphatic heterocycles. The molecular formula is C18H24N2O4. The maximum absolute atomic E-state index is 12.3. The summed E-state index contributed by atoms with van der Waals surface area (Å²) in [7, 11) is 0. The van der Waals surface area contributed by atoms with Crippen molar-refractivity contribution >= 4 is 17.6 Å². The van der Waals surface area contributed by atoms with E-state index in [1.54, 1.807) is 9.80 Å². The van der Waals surface area contributed by atoms with Gasteiger partial charge in [-0.05, 0) is 25.5 Å². The summed E-state index contributed by atoms with van der Waals surface area (Å²) in [6, 6.07) is 9.23. The van der Waals surface area contributed by atoms with Crippen LogP contribution in [0.1, 0.15) is 26.2 Å². The van der Waals surface area contributed by atoms with Crippen LogP contribution in [0.2, 0.25) is 0 Å². The molecule has 0 aliphatic carbocycles. The third-order valence-electron chi connectivity index (χ3n) is 4.00. The Labute approximate surface area is 142 Å². The second-order valence-electron chi connectivity index (χ2n) is 5.92. The Bertz CT molecular complexity index is 574. The van der Waals surface area contributed by atoms with Crippen molar-refractivity contribution in [2.45, 2.75) is 26.2 Å². The first-order valence-corrected chi connectivity index (χ1v) is 8.29. The lowest BCUT2D eigenvalue weighted by atomic mass is 10.2. The lowest BCUT2D eigenvalue weighted by molar-refractivity contribution is -0.135. The molecule has 1 aromatic rings. The minimum atomic E-state index is -0.0723. The number of ether oxygens (including phenoxy) is 1. The number of carbonyl (C=O) groups excluding carboxylic acids is 3. The normalized spacial score (nSPS) is 14.9. The summed E-state index contributed by atoms with van der Waals surface area (Å²) in [5.41, 5.74) is 0. The Kier molecular flexibility index (Phi) is 6.78. The molecule has 24 heavy (non-hydrogen) atoms. The van der Waals surface area contributed by atoms with Crippen molar-refractivity contribution in [1.29, 1.82) is 0 Å². The average molecular weight is 332 g/mol. The van der Waals surface area contributed by atoms with Gasteiger partial charge in [-0.1, -0.05) is 18.2 Å². The van der Waals surface area contributed by atoms with E-state index in [1.807, 2.05) is 30.3 Å². The van der Waals surface area contributed by atoms with E-state index in [1.165, 1.54) is 6.92 Å². The molecule has 2 amide bonds. The quantitative estimate of drug-likeness (QED) is 0.792. The van der Waals surface area contributed by atoms with Gasteiger partial charge in [0, 0.05) is 39.0 Å². The van der Waals surface area contributed by atoms with Gasteiger partial charge in [-0.25, -0.2) is 0 Å². The first kappa shape index (κ1) is 18.0. The molecule has 6 nitrogen and oxygen atoms in total. The molecule has 1 fully saturated rings. The smallest absolute Gasteiger partial charge is 0.260 e. The van der Waals surface area contributed by atoms with Gasteiger partial charge < -0.3 is 19.3 Å². The standard InChI is InChI=1S/C18H24N2O4/c1-15(21)8-9-17(22)19-10-5-11-20(13-12-19)18(23)14-24-16-6-3-2-4-7-16/h2-4,6-7H,5,8-14H2,1H3. The van der Waals surface area contributed by atoms with Crippen molar-refractivity contribution in [3.63, 3.8) is 0 Å². The van der Waals surface area contributed by atoms with E-state index in [4.69, 9.17) is 4.74 Å². The van der Waals surface area contributed by atoms with Gasteiger partial charge >= 0.3 is 0 Å². The fourth-order valence-electron chi connectivity index (χ4n) is 2.61. The SMILES string of the molecule is CC(=O)CCC(=O)N1CCCN(C(=O)COc2ccccc2)CC1. The molecule has 0 N–H and O–H groups in total. The number of nitrogens with zero attached hydrogens (tertiary/aromatic N) is 2. The third kappa shape index (κ3) is 5.68. The van der Waals surface area contributed by atoms with Gasteiger partial charge in [0.25, 0.3) is 5.91 Å². The second kappa shape index (κ2) is 9.05. The predicted octanol–water partition coefficient (Wildman–Crippen LogP) is 1.50. The average Bonchev–Trinajstić information content (AvgIpc) is 2.84. The van der Waals surface area contributed by atoms with Crippen LogP contribution >= 0.6 is 0 Å². The highest BCUT2D eigenvalue weighted by atomic mass is 16.5. The fourth-order valence-corrected chi connectivity index (χ4v) is 2.61. The zero-order valence-electron chi connectivity index (χ0n) is 14.1. The highest BCUT2D eigenvalue weighted by Gasteiger charge is 2.22. The Morgan fingerprint density at radius 1 is 0.917 bits per heavy atom. The van der Waals surface area contributed by atoms with Crippen LogP contribution in [-0.4, -0.2) is 60.2 Å². The topological polar surface area (TPSA) is 66.9 Å². The van der Waals surface area contributed by atoms with Crippen LogP contribution in [0.4, 0.5) is 0 Å². The van der Waals surface area contributed by atoms with E-state index in [-0.39, 0.29) is 37.0 Å². The first-order valence-electron chi connectivity index (χ1n) is 8.29. The van der Waals surface area contributed by atoms with Gasteiger partial charge in [-0.3, -0.25) is 9.59 Å². The van der Waals surface area contributed by atoms with Crippen molar-refractivity contribution in [2.75, 3.05) is 32.8 Å². The minimum absolute atomic E-state index is 0.00228. The lowest BCUT2D eigenvalue weighted by Crippen LogP contribution is -2.39. The largest absolute Gasteiger partial charge is 0.484 e. The molecule has 0 radical (unpaired) electrons. The summed E-state index contributed by atoms with van der Waals surface area (Å²) in [5, 5.41) is 0. The molecule has 0 aromatic heterocycles. The zero-order chi connectivity index (χ0) is 17.4. The molecule has 1 saturated heterocycles. The lowest BCUT2D eigenvalue weighted by Gasteiger charge is -2.22. The monoisotopic (exact) mass is 332 g/mol. The van der Waals surface area contributed by atoms with Gasteiger partial charge in [-0.2, -0.15) is 0 Å². The van der Waals surface area contributed by atoms with Gasteiger partial charge in [0.05, 0.1) is 0 Å². The van der Waals surface area contributed by atoms with E-state index in [0.29, 0.717) is 31.9 Å². The van der Waals surface area contributed by atoms with Crippen LogP contribution in [0.5, 0.6) is 5.75 Å². The van der Waals surface area contributed by atoms with Crippen molar-refractivity contribution in [3.8, 4) is 5.75 Å². The van der Waals surface area contributed by atoms with Crippen molar-refractivity contribution in [2.24, 2.45) is 0 Å². The van der Waals surface area contributed by atoms with Crippen molar-refractivity contribution < 1.29 is 19.1 Å². The highest BCUT2D eigenvalue weighted by molar-refractivity contribution is 5.83. The van der Waals surface area contributed by atoms with Crippen LogP contribution in [0.15, 0.2) is 30.3 Å². The number of para-hydroxylation sites is 1. The molecule has 1 aliphatic rings. The highest BCUT2D eigenvalue weighted by Crippen LogP contribution is 2.10. The van der Waals surface area contributed by atoms with E-state index in [9.17, 15) is 14.4 Å². The number of rotatable bonds is 6. The molecule has 0 unspecified atom stereocenters. The van der Waals surface area contributed by atoms with E-state index >= 15 is 0 Å². The number of carbonyl (C=O) groups is 3. The summed E-state index contributed by atoms with van der Waals surface area (Å²) in [6.45, 7) is 3.75. The van der Waals surface area contributed by atoms with Crippen LogP contribution in [-0.2, 0) is 14.4 Å². The summed E-state index contributed by atoms with van der Waals surface area (Å²) < 4.78 is 5.49. The molecule has 2 rings (SSSR count). The summed E-state index contributed by atoms with van der Waals surface area (Å²) in [6.07, 6.45) is 1.27. The minimum Gasteiger partial charge on any atom is -0.484 e. The molecule has 130 valence electrons. The molecular weight excluding hydrogens is 308 g/mol. The van der Waals surface area contributed by atoms with Crippen LogP contribution in [0.3, 0.4) is 0 Å². The number of hydrogen-bond donors (Lipinski definition) is 0. The summed E-state index contributed by atoms with van der Waals surface area (Å²) in [5.74, 6) is 0.603. The van der Waals surface area contributed by atoms with Crippen LogP contribution in [0.25, 0.3) is 0 Å². The van der Waals surface area contributed by atoms with E-state index in [0.717, 1.165) is 6.42 Å². The zero-order valence-corrected chi connectivity index (χ0v) is 14.1. The maximum atomic E-state index is 12.3. The van der Waals surface area contributed by atoms with Crippen LogP contribution in [0, 0.1) is 0 Å². The Hall–Kier alpha value is -2.37. The summed E-state index contributed by atoms with van der Waals surface area (Å²) in [4.78, 5) is 38.8. The van der Waals surface area contributed by atoms with Gasteiger partial charge in [0.15, 0.2) is 6.61 Å². The maximum Gasteiger partial charge on any atom is 0.260 e. The van der Waals surface area contributed by atoms with E-state index in [2.05, 4.69) is 0 Å². The fraction of sp³-hybridized carbons (Fsp3) is 0.500. The van der Waals surface area contributed by atoms with Gasteiger partial charge in [0.1, 0.15) is 11.5 Å². The Balaban J connectivity index is 1.78. The van der Waals surface area contributed by atoms with Crippen molar-refractivity contribution in [3.05, 3.63) is 30.3 Å². The molecule has 1 aromatic carbocycles. The summed E-state index contributed by atoms with van der Waals surface area (Å²) >= 11 is 0. The number of Topliss-reactive ketones (excluding diaryl/α,β-unsaturated/α-hetero) is 1. The number of hydrogen-bond acceptors (Lipinski definition) is 4. The first-order chi connectivity index (χ1) is 11.6. The number of ketones is 1. The molecule has 0 bridgehead atoms. The van der Waals surface area contributed by atoms with Gasteiger partial charge in [-0.15, -0.1) is 0 Å². The molecule has 1 heterocycles. The molecule has 0 saturated carbocycles. The van der Waals surface area contributed by atoms with Crippen LogP contribution < -0.4 is 4.74 Å². The van der Waals surface area contributed by atoms with E-state index < -0.39 is 0 Å².